The number of carbonyl (C=O) groups is 1. The molecule has 1 aliphatic heterocycles. The van der Waals surface area contributed by atoms with Crippen molar-refractivity contribution in [3.8, 4) is 11.4 Å². The van der Waals surface area contributed by atoms with Gasteiger partial charge in [-0.25, -0.2) is 8.42 Å². The zero-order valence-corrected chi connectivity index (χ0v) is 17.5. The Kier molecular flexibility index (Phi) is 5.66. The number of sulfone groups is 1. The van der Waals surface area contributed by atoms with Gasteiger partial charge in [-0.3, -0.25) is 4.79 Å². The molecule has 0 bridgehead atoms. The Hall–Kier alpha value is -1.81. The summed E-state index contributed by atoms with van der Waals surface area (Å²) in [5.41, 5.74) is 0.863. The SMILES string of the molecule is CCN(C(=O)[C@@H](C)Sc1nnc(-c2ccoc2C)n1C)[C@H]1CCS(=O)(=O)C1. The van der Waals surface area contributed by atoms with Gasteiger partial charge in [0.25, 0.3) is 0 Å². The van der Waals surface area contributed by atoms with Gasteiger partial charge in [0.05, 0.1) is 28.6 Å². The summed E-state index contributed by atoms with van der Waals surface area (Å²) in [7, 11) is -1.19. The number of rotatable bonds is 6. The summed E-state index contributed by atoms with van der Waals surface area (Å²) < 4.78 is 30.7. The molecule has 0 radical (unpaired) electrons. The Bertz CT molecular complexity index is 935. The molecule has 2 atom stereocenters. The molecule has 1 saturated heterocycles. The first-order chi connectivity index (χ1) is 12.7. The smallest absolute Gasteiger partial charge is 0.236 e. The number of aromatic nitrogens is 3. The summed E-state index contributed by atoms with van der Waals surface area (Å²) in [6.45, 7) is 6.04. The predicted molar refractivity (Wildman–Crippen MR) is 103 cm³/mol. The van der Waals surface area contributed by atoms with E-state index in [1.54, 1.807) is 11.2 Å². The Labute approximate surface area is 163 Å². The van der Waals surface area contributed by atoms with Gasteiger partial charge in [0.2, 0.25) is 5.91 Å². The van der Waals surface area contributed by atoms with Crippen LogP contribution in [0.15, 0.2) is 21.9 Å². The van der Waals surface area contributed by atoms with Crippen LogP contribution >= 0.6 is 11.8 Å². The minimum atomic E-state index is -3.04. The van der Waals surface area contributed by atoms with Gasteiger partial charge in [-0.1, -0.05) is 11.8 Å². The van der Waals surface area contributed by atoms with Crippen LogP contribution in [0.2, 0.25) is 0 Å². The monoisotopic (exact) mass is 412 g/mol. The molecule has 148 valence electrons. The van der Waals surface area contributed by atoms with Crippen molar-refractivity contribution in [2.45, 2.75) is 43.6 Å². The van der Waals surface area contributed by atoms with E-state index in [4.69, 9.17) is 4.42 Å². The van der Waals surface area contributed by atoms with Gasteiger partial charge in [-0.2, -0.15) is 0 Å². The van der Waals surface area contributed by atoms with Crippen LogP contribution in [0.4, 0.5) is 0 Å². The number of furan rings is 1. The molecule has 0 aromatic carbocycles. The van der Waals surface area contributed by atoms with Crippen LogP contribution in [-0.2, 0) is 21.7 Å². The second kappa shape index (κ2) is 7.67. The van der Waals surface area contributed by atoms with E-state index in [9.17, 15) is 13.2 Å². The Morgan fingerprint density at radius 1 is 1.48 bits per heavy atom. The zero-order valence-electron chi connectivity index (χ0n) is 15.9. The number of nitrogens with zero attached hydrogens (tertiary/aromatic N) is 4. The molecule has 27 heavy (non-hydrogen) atoms. The van der Waals surface area contributed by atoms with E-state index >= 15 is 0 Å². The number of carbonyl (C=O) groups excluding carboxylic acids is 1. The number of thioether (sulfide) groups is 1. The molecule has 2 aromatic rings. The van der Waals surface area contributed by atoms with Gasteiger partial charge in [-0.05, 0) is 33.3 Å². The maximum atomic E-state index is 12.9. The van der Waals surface area contributed by atoms with Gasteiger partial charge >= 0.3 is 0 Å². The average Bonchev–Trinajstić information content (AvgIpc) is 3.28. The topological polar surface area (TPSA) is 98.3 Å². The number of amides is 1. The van der Waals surface area contributed by atoms with Crippen LogP contribution in [0.3, 0.4) is 0 Å². The minimum absolute atomic E-state index is 0.0534. The third-order valence-corrected chi connectivity index (χ3v) is 7.71. The van der Waals surface area contributed by atoms with E-state index in [1.165, 1.54) is 11.8 Å². The normalized spacial score (nSPS) is 19.9. The molecule has 0 N–H and O–H groups in total. The lowest BCUT2D eigenvalue weighted by Gasteiger charge is -2.29. The van der Waals surface area contributed by atoms with Crippen LogP contribution in [0.5, 0.6) is 0 Å². The van der Waals surface area contributed by atoms with Crippen molar-refractivity contribution < 1.29 is 17.6 Å². The first kappa shape index (κ1) is 19.9. The number of hydrogen-bond acceptors (Lipinski definition) is 7. The zero-order chi connectivity index (χ0) is 19.8. The summed E-state index contributed by atoms with van der Waals surface area (Å²) in [6, 6.07) is 1.60. The summed E-state index contributed by atoms with van der Waals surface area (Å²) in [5, 5.41) is 8.66. The highest BCUT2D eigenvalue weighted by Gasteiger charge is 2.35. The van der Waals surface area contributed by atoms with Crippen molar-refractivity contribution in [2.75, 3.05) is 18.1 Å². The first-order valence-electron chi connectivity index (χ1n) is 8.85. The van der Waals surface area contributed by atoms with Gasteiger partial charge in [0.15, 0.2) is 20.8 Å². The molecule has 0 unspecified atom stereocenters. The van der Waals surface area contributed by atoms with E-state index in [0.717, 1.165) is 11.3 Å². The van der Waals surface area contributed by atoms with Gasteiger partial charge in [0, 0.05) is 19.6 Å². The molecule has 3 rings (SSSR count). The molecule has 1 fully saturated rings. The molecule has 0 aliphatic carbocycles. The molecule has 10 heteroatoms. The Morgan fingerprint density at radius 3 is 2.78 bits per heavy atom. The summed E-state index contributed by atoms with van der Waals surface area (Å²) in [6.07, 6.45) is 2.11. The fraction of sp³-hybridized carbons (Fsp3) is 0.588. The average molecular weight is 413 g/mol. The fourth-order valence-corrected chi connectivity index (χ4v) is 5.94. The number of aryl methyl sites for hydroxylation is 1. The van der Waals surface area contributed by atoms with Crippen molar-refractivity contribution >= 4 is 27.5 Å². The number of hydrogen-bond donors (Lipinski definition) is 0. The minimum Gasteiger partial charge on any atom is -0.469 e. The van der Waals surface area contributed by atoms with Crippen molar-refractivity contribution in [1.29, 1.82) is 0 Å². The van der Waals surface area contributed by atoms with Crippen molar-refractivity contribution in [1.82, 2.24) is 19.7 Å². The van der Waals surface area contributed by atoms with Crippen molar-refractivity contribution in [3.63, 3.8) is 0 Å². The molecule has 3 heterocycles. The summed E-state index contributed by atoms with van der Waals surface area (Å²) in [5.74, 6) is 1.56. The molecule has 0 saturated carbocycles. The highest BCUT2D eigenvalue weighted by Crippen LogP contribution is 2.29. The molecular weight excluding hydrogens is 388 g/mol. The van der Waals surface area contributed by atoms with Crippen LogP contribution in [0.1, 0.15) is 26.0 Å². The standard InChI is InChI=1S/C17H24N4O4S2/c1-5-21(13-7-9-27(23,24)10-13)16(22)12(3)26-17-19-18-15(20(17)4)14-6-8-25-11(14)2/h6,8,12-13H,5,7,9-10H2,1-4H3/t12-,13+/m1/s1. The quantitative estimate of drug-likeness (QED) is 0.668. The van der Waals surface area contributed by atoms with Crippen LogP contribution < -0.4 is 0 Å². The van der Waals surface area contributed by atoms with E-state index in [1.807, 2.05) is 38.5 Å². The molecule has 0 spiro atoms. The lowest BCUT2D eigenvalue weighted by Crippen LogP contribution is -2.44. The second-order valence-corrected chi connectivity index (χ2v) is 10.2. The molecular formula is C17H24N4O4S2. The third-order valence-electron chi connectivity index (χ3n) is 4.84. The van der Waals surface area contributed by atoms with Crippen molar-refractivity contribution in [3.05, 3.63) is 18.1 Å². The molecule has 1 aliphatic rings. The van der Waals surface area contributed by atoms with Crippen LogP contribution in [0.25, 0.3) is 11.4 Å². The first-order valence-corrected chi connectivity index (χ1v) is 11.5. The maximum Gasteiger partial charge on any atom is 0.236 e. The third kappa shape index (κ3) is 4.06. The largest absolute Gasteiger partial charge is 0.469 e. The molecule has 8 nitrogen and oxygen atoms in total. The lowest BCUT2D eigenvalue weighted by atomic mass is 10.2. The highest BCUT2D eigenvalue weighted by atomic mass is 32.2. The summed E-state index contributed by atoms with van der Waals surface area (Å²) in [4.78, 5) is 14.6. The Balaban J connectivity index is 1.73. The lowest BCUT2D eigenvalue weighted by molar-refractivity contribution is -0.131. The molecule has 2 aromatic heterocycles. The summed E-state index contributed by atoms with van der Waals surface area (Å²) >= 11 is 1.32. The molecule has 1 amide bonds. The highest BCUT2D eigenvalue weighted by molar-refractivity contribution is 8.00. The second-order valence-electron chi connectivity index (χ2n) is 6.70. The Morgan fingerprint density at radius 2 is 2.22 bits per heavy atom. The van der Waals surface area contributed by atoms with E-state index < -0.39 is 15.1 Å². The predicted octanol–water partition coefficient (Wildman–Crippen LogP) is 1.90. The maximum absolute atomic E-state index is 12.9. The van der Waals surface area contributed by atoms with Crippen LogP contribution in [-0.4, -0.2) is 63.3 Å². The van der Waals surface area contributed by atoms with Gasteiger partial charge in [-0.15, -0.1) is 10.2 Å². The van der Waals surface area contributed by atoms with Gasteiger partial charge in [0.1, 0.15) is 5.76 Å². The van der Waals surface area contributed by atoms with Gasteiger partial charge < -0.3 is 13.9 Å². The van der Waals surface area contributed by atoms with E-state index in [0.29, 0.717) is 23.9 Å². The fourth-order valence-electron chi connectivity index (χ4n) is 3.33. The van der Waals surface area contributed by atoms with E-state index in [-0.39, 0.29) is 23.5 Å². The van der Waals surface area contributed by atoms with Crippen LogP contribution in [0, 0.1) is 6.92 Å². The van der Waals surface area contributed by atoms with E-state index in [2.05, 4.69) is 10.2 Å². The van der Waals surface area contributed by atoms with Crippen molar-refractivity contribution in [2.24, 2.45) is 7.05 Å².